The normalized spacial score (nSPS) is 22.2. The second-order valence-corrected chi connectivity index (χ2v) is 5.89. The number of nitrogens with one attached hydrogen (secondary N) is 1. The quantitative estimate of drug-likeness (QED) is 0.738. The maximum absolute atomic E-state index is 9.67. The van der Waals surface area contributed by atoms with Crippen molar-refractivity contribution in [3.05, 3.63) is 29.8 Å². The summed E-state index contributed by atoms with van der Waals surface area (Å²) in [6, 6.07) is 8.47. The number of hydrogen-bond donors (Lipinski definition) is 3. The molecular formula is C13H19NO2S. The largest absolute Gasteiger partial charge is 0.393 e. The molecule has 1 aromatic rings. The lowest BCUT2D eigenvalue weighted by Crippen LogP contribution is -2.42. The van der Waals surface area contributed by atoms with Crippen molar-refractivity contribution in [2.75, 3.05) is 25.4 Å². The first kappa shape index (κ1) is 12.9. The molecule has 3 nitrogen and oxygen atoms in total. The van der Waals surface area contributed by atoms with Crippen LogP contribution in [0, 0.1) is 0 Å². The molecule has 94 valence electrons. The molecule has 1 aliphatic heterocycles. The molecule has 2 unspecified atom stereocenters. The maximum Gasteiger partial charge on any atom is 0.0972 e. The van der Waals surface area contributed by atoms with Gasteiger partial charge in [0.1, 0.15) is 0 Å². The highest BCUT2D eigenvalue weighted by atomic mass is 32.2. The standard InChI is InChI=1S/C13H19NO2S/c1-13(16,9-15)8-14-6-10-7-17-12-5-3-2-4-11(10)12/h2-5,10,14-16H,6-9H2,1H3. The summed E-state index contributed by atoms with van der Waals surface area (Å²) in [5.74, 6) is 1.60. The number of aliphatic hydroxyl groups is 2. The van der Waals surface area contributed by atoms with Gasteiger partial charge in [-0.05, 0) is 18.6 Å². The lowest BCUT2D eigenvalue weighted by atomic mass is 10.0. The van der Waals surface area contributed by atoms with Crippen molar-refractivity contribution in [1.82, 2.24) is 5.32 Å². The van der Waals surface area contributed by atoms with E-state index >= 15 is 0 Å². The predicted octanol–water partition coefficient (Wildman–Crippen LogP) is 1.21. The summed E-state index contributed by atoms with van der Waals surface area (Å²) in [5.41, 5.74) is 0.374. The molecule has 0 bridgehead atoms. The summed E-state index contributed by atoms with van der Waals surface area (Å²) in [4.78, 5) is 1.37. The molecular weight excluding hydrogens is 234 g/mol. The topological polar surface area (TPSA) is 52.5 Å². The van der Waals surface area contributed by atoms with E-state index in [9.17, 15) is 5.11 Å². The Balaban J connectivity index is 1.86. The van der Waals surface area contributed by atoms with Gasteiger partial charge >= 0.3 is 0 Å². The Morgan fingerprint density at radius 2 is 2.24 bits per heavy atom. The van der Waals surface area contributed by atoms with Crippen LogP contribution in [0.5, 0.6) is 0 Å². The van der Waals surface area contributed by atoms with Crippen LogP contribution in [0.2, 0.25) is 0 Å². The van der Waals surface area contributed by atoms with E-state index < -0.39 is 5.60 Å². The van der Waals surface area contributed by atoms with Crippen molar-refractivity contribution in [1.29, 1.82) is 0 Å². The second kappa shape index (κ2) is 5.40. The molecule has 0 spiro atoms. The summed E-state index contributed by atoms with van der Waals surface area (Å²) >= 11 is 1.89. The Hall–Kier alpha value is -0.550. The van der Waals surface area contributed by atoms with Crippen LogP contribution in [0.4, 0.5) is 0 Å². The van der Waals surface area contributed by atoms with Gasteiger partial charge in [-0.3, -0.25) is 0 Å². The Bertz CT molecular complexity index is 381. The van der Waals surface area contributed by atoms with Crippen molar-refractivity contribution in [2.45, 2.75) is 23.3 Å². The summed E-state index contributed by atoms with van der Waals surface area (Å²) in [6.07, 6.45) is 0. The van der Waals surface area contributed by atoms with E-state index in [2.05, 4.69) is 29.6 Å². The Labute approximate surface area is 106 Å². The number of rotatable bonds is 5. The van der Waals surface area contributed by atoms with Crippen molar-refractivity contribution in [3.8, 4) is 0 Å². The first-order chi connectivity index (χ1) is 8.12. The fraction of sp³-hybridized carbons (Fsp3) is 0.538. The SMILES string of the molecule is CC(O)(CO)CNCC1CSc2ccccc21. The molecule has 0 aliphatic carbocycles. The molecule has 1 aromatic carbocycles. The smallest absolute Gasteiger partial charge is 0.0972 e. The van der Waals surface area contributed by atoms with Crippen LogP contribution in [0.3, 0.4) is 0 Å². The van der Waals surface area contributed by atoms with Gasteiger partial charge in [0.25, 0.3) is 0 Å². The highest BCUT2D eigenvalue weighted by Gasteiger charge is 2.24. The van der Waals surface area contributed by atoms with Crippen molar-refractivity contribution in [2.24, 2.45) is 0 Å². The lowest BCUT2D eigenvalue weighted by molar-refractivity contribution is 0.00275. The van der Waals surface area contributed by atoms with Gasteiger partial charge < -0.3 is 15.5 Å². The summed E-state index contributed by atoms with van der Waals surface area (Å²) in [5, 5.41) is 21.9. The van der Waals surface area contributed by atoms with Gasteiger partial charge in [0.05, 0.1) is 12.2 Å². The average molecular weight is 253 g/mol. The number of fused-ring (bicyclic) bond motifs is 1. The van der Waals surface area contributed by atoms with Gasteiger partial charge in [0, 0.05) is 29.7 Å². The van der Waals surface area contributed by atoms with E-state index in [0.717, 1.165) is 12.3 Å². The number of thioether (sulfide) groups is 1. The Kier molecular flexibility index (Phi) is 4.09. The third-order valence-electron chi connectivity index (χ3n) is 3.04. The van der Waals surface area contributed by atoms with Crippen molar-refractivity contribution < 1.29 is 10.2 Å². The summed E-state index contributed by atoms with van der Waals surface area (Å²) in [6.45, 7) is 2.69. The van der Waals surface area contributed by atoms with Crippen LogP contribution >= 0.6 is 11.8 Å². The van der Waals surface area contributed by atoms with Crippen LogP contribution < -0.4 is 5.32 Å². The minimum Gasteiger partial charge on any atom is -0.393 e. The van der Waals surface area contributed by atoms with Gasteiger partial charge in [0.2, 0.25) is 0 Å². The fourth-order valence-electron chi connectivity index (χ4n) is 1.97. The Morgan fingerprint density at radius 3 is 3.00 bits per heavy atom. The van der Waals surface area contributed by atoms with Gasteiger partial charge in [-0.15, -0.1) is 11.8 Å². The summed E-state index contributed by atoms with van der Waals surface area (Å²) < 4.78 is 0. The molecule has 0 radical (unpaired) electrons. The van der Waals surface area contributed by atoms with Crippen LogP contribution in [0.25, 0.3) is 0 Å². The van der Waals surface area contributed by atoms with E-state index in [0.29, 0.717) is 12.5 Å². The van der Waals surface area contributed by atoms with Gasteiger partial charge in [-0.1, -0.05) is 18.2 Å². The summed E-state index contributed by atoms with van der Waals surface area (Å²) in [7, 11) is 0. The van der Waals surface area contributed by atoms with E-state index in [1.807, 2.05) is 11.8 Å². The van der Waals surface area contributed by atoms with Gasteiger partial charge in [0.15, 0.2) is 0 Å². The van der Waals surface area contributed by atoms with Gasteiger partial charge in [-0.25, -0.2) is 0 Å². The minimum atomic E-state index is -1.02. The van der Waals surface area contributed by atoms with Crippen LogP contribution in [-0.2, 0) is 0 Å². The number of benzene rings is 1. The van der Waals surface area contributed by atoms with Crippen LogP contribution in [0.1, 0.15) is 18.4 Å². The van der Waals surface area contributed by atoms with Crippen LogP contribution in [0.15, 0.2) is 29.2 Å². The first-order valence-corrected chi connectivity index (χ1v) is 6.86. The molecule has 0 fully saturated rings. The van der Waals surface area contributed by atoms with E-state index in [1.54, 1.807) is 6.92 Å². The zero-order chi connectivity index (χ0) is 12.3. The van der Waals surface area contributed by atoms with E-state index in [1.165, 1.54) is 10.5 Å². The van der Waals surface area contributed by atoms with Crippen molar-refractivity contribution >= 4 is 11.8 Å². The monoisotopic (exact) mass is 253 g/mol. The molecule has 2 atom stereocenters. The second-order valence-electron chi connectivity index (χ2n) is 4.83. The predicted molar refractivity (Wildman–Crippen MR) is 70.5 cm³/mol. The third-order valence-corrected chi connectivity index (χ3v) is 4.29. The molecule has 2 rings (SSSR count). The highest BCUT2D eigenvalue weighted by molar-refractivity contribution is 7.99. The minimum absolute atomic E-state index is 0.212. The Morgan fingerprint density at radius 1 is 1.47 bits per heavy atom. The van der Waals surface area contributed by atoms with Crippen LogP contribution in [-0.4, -0.2) is 41.3 Å². The molecule has 0 saturated carbocycles. The van der Waals surface area contributed by atoms with Gasteiger partial charge in [-0.2, -0.15) is 0 Å². The zero-order valence-electron chi connectivity index (χ0n) is 10.0. The fourth-order valence-corrected chi connectivity index (χ4v) is 3.22. The van der Waals surface area contributed by atoms with Crippen molar-refractivity contribution in [3.63, 3.8) is 0 Å². The zero-order valence-corrected chi connectivity index (χ0v) is 10.8. The average Bonchev–Trinajstić information content (AvgIpc) is 2.73. The molecule has 0 aromatic heterocycles. The molecule has 1 heterocycles. The first-order valence-electron chi connectivity index (χ1n) is 5.88. The number of hydrogen-bond acceptors (Lipinski definition) is 4. The molecule has 17 heavy (non-hydrogen) atoms. The highest BCUT2D eigenvalue weighted by Crippen LogP contribution is 2.38. The van der Waals surface area contributed by atoms with E-state index in [4.69, 9.17) is 5.11 Å². The molecule has 4 heteroatoms. The lowest BCUT2D eigenvalue weighted by Gasteiger charge is -2.22. The molecule has 0 amide bonds. The molecule has 1 aliphatic rings. The maximum atomic E-state index is 9.67. The van der Waals surface area contributed by atoms with E-state index in [-0.39, 0.29) is 6.61 Å². The molecule has 3 N–H and O–H groups in total. The third kappa shape index (κ3) is 3.22. The molecule has 0 saturated heterocycles. The number of aliphatic hydroxyl groups excluding tert-OH is 1.